The van der Waals surface area contributed by atoms with Crippen LogP contribution >= 0.6 is 0 Å². The normalized spacial score (nSPS) is 19.3. The highest BCUT2D eigenvalue weighted by atomic mass is 16.6. The van der Waals surface area contributed by atoms with Crippen LogP contribution in [0.1, 0.15) is 38.8 Å². The molecule has 0 saturated heterocycles. The second kappa shape index (κ2) is 4.57. The molecule has 1 atom stereocenters. The average molecular weight is 249 g/mol. The largest absolute Gasteiger partial charge is 0.443 e. The summed E-state index contributed by atoms with van der Waals surface area (Å²) in [6, 6.07) is 3.67. The number of nitrogens with two attached hydrogens (primary N) is 1. The number of hydrogen-bond donors (Lipinski definition) is 1. The van der Waals surface area contributed by atoms with E-state index < -0.39 is 5.60 Å². The molecule has 0 aliphatic carbocycles. The van der Waals surface area contributed by atoms with Gasteiger partial charge < -0.3 is 10.5 Å². The first-order valence-corrected chi connectivity index (χ1v) is 6.09. The molecule has 5 heteroatoms. The number of carbonyl (C=O) groups excluding carboxylic acids is 1. The van der Waals surface area contributed by atoms with Crippen molar-refractivity contribution in [3.05, 3.63) is 23.9 Å². The van der Waals surface area contributed by atoms with Gasteiger partial charge in [-0.2, -0.15) is 0 Å². The second-order valence-electron chi connectivity index (χ2n) is 5.44. The summed E-state index contributed by atoms with van der Waals surface area (Å²) >= 11 is 0. The van der Waals surface area contributed by atoms with Crippen LogP contribution in [0.4, 0.5) is 10.6 Å². The van der Waals surface area contributed by atoms with Gasteiger partial charge in [-0.15, -0.1) is 0 Å². The predicted octanol–water partition coefficient (Wildman–Crippen LogP) is 2.23. The number of rotatable bonds is 0. The number of pyridine rings is 1. The zero-order valence-electron chi connectivity index (χ0n) is 11.0. The van der Waals surface area contributed by atoms with E-state index in [-0.39, 0.29) is 12.1 Å². The van der Waals surface area contributed by atoms with Crippen molar-refractivity contribution in [1.29, 1.82) is 0 Å². The molecule has 2 N–H and O–H groups in total. The predicted molar refractivity (Wildman–Crippen MR) is 69.4 cm³/mol. The topological polar surface area (TPSA) is 68.5 Å². The summed E-state index contributed by atoms with van der Waals surface area (Å²) in [5.41, 5.74) is 6.41. The summed E-state index contributed by atoms with van der Waals surface area (Å²) in [4.78, 5) is 17.9. The lowest BCUT2D eigenvalue weighted by Crippen LogP contribution is -2.42. The number of ether oxygens (including phenoxy) is 1. The Morgan fingerprint density at radius 3 is 2.94 bits per heavy atom. The molecule has 1 aliphatic rings. The summed E-state index contributed by atoms with van der Waals surface area (Å²) in [6.07, 6.45) is 2.01. The third-order valence-corrected chi connectivity index (χ3v) is 2.75. The zero-order valence-corrected chi connectivity index (χ0v) is 11.0. The van der Waals surface area contributed by atoms with E-state index >= 15 is 0 Å². The summed E-state index contributed by atoms with van der Waals surface area (Å²) in [5, 5.41) is 0. The molecule has 1 aromatic rings. The van der Waals surface area contributed by atoms with Crippen molar-refractivity contribution in [2.75, 3.05) is 11.4 Å². The van der Waals surface area contributed by atoms with E-state index in [0.29, 0.717) is 12.4 Å². The molecule has 1 unspecified atom stereocenters. The molecule has 0 fully saturated rings. The van der Waals surface area contributed by atoms with Gasteiger partial charge in [0.1, 0.15) is 11.4 Å². The van der Waals surface area contributed by atoms with Crippen molar-refractivity contribution in [2.24, 2.45) is 5.73 Å². The molecule has 1 amide bonds. The number of amides is 1. The third-order valence-electron chi connectivity index (χ3n) is 2.75. The highest BCUT2D eigenvalue weighted by molar-refractivity contribution is 5.88. The summed E-state index contributed by atoms with van der Waals surface area (Å²) in [6.45, 7) is 6.08. The first kappa shape index (κ1) is 12.8. The Morgan fingerprint density at radius 1 is 1.56 bits per heavy atom. The van der Waals surface area contributed by atoms with Crippen LogP contribution in [0.15, 0.2) is 18.3 Å². The van der Waals surface area contributed by atoms with Crippen LogP contribution in [-0.2, 0) is 4.74 Å². The third kappa shape index (κ3) is 2.61. The van der Waals surface area contributed by atoms with Crippen molar-refractivity contribution < 1.29 is 9.53 Å². The minimum atomic E-state index is -0.508. The van der Waals surface area contributed by atoms with Gasteiger partial charge in [-0.1, -0.05) is 6.07 Å². The van der Waals surface area contributed by atoms with E-state index in [0.717, 1.165) is 12.0 Å². The van der Waals surface area contributed by atoms with Crippen molar-refractivity contribution in [2.45, 2.75) is 38.8 Å². The number of anilines is 1. The summed E-state index contributed by atoms with van der Waals surface area (Å²) in [5.74, 6) is 0.616. The van der Waals surface area contributed by atoms with E-state index in [1.54, 1.807) is 11.1 Å². The Kier molecular flexibility index (Phi) is 3.26. The lowest BCUT2D eigenvalue weighted by molar-refractivity contribution is 0.0575. The van der Waals surface area contributed by atoms with Gasteiger partial charge in [0.25, 0.3) is 0 Å². The van der Waals surface area contributed by atoms with Crippen molar-refractivity contribution in [3.8, 4) is 0 Å². The van der Waals surface area contributed by atoms with Crippen LogP contribution in [0.2, 0.25) is 0 Å². The SMILES string of the molecule is CC(C)(C)OC(=O)N1CCC(N)c2cccnc21. The van der Waals surface area contributed by atoms with Crippen molar-refractivity contribution in [3.63, 3.8) is 0 Å². The Hall–Kier alpha value is -1.62. The Morgan fingerprint density at radius 2 is 2.28 bits per heavy atom. The van der Waals surface area contributed by atoms with Crippen LogP contribution in [0, 0.1) is 0 Å². The first-order chi connectivity index (χ1) is 8.38. The van der Waals surface area contributed by atoms with Crippen LogP contribution in [0.25, 0.3) is 0 Å². The highest BCUT2D eigenvalue weighted by Crippen LogP contribution is 2.31. The maximum Gasteiger partial charge on any atom is 0.416 e. The number of carbonyl (C=O) groups is 1. The molecular formula is C13H19N3O2. The lowest BCUT2D eigenvalue weighted by atomic mass is 10.0. The molecule has 98 valence electrons. The molecule has 1 aliphatic heterocycles. The smallest absolute Gasteiger partial charge is 0.416 e. The van der Waals surface area contributed by atoms with Gasteiger partial charge in [0.15, 0.2) is 0 Å². The maximum atomic E-state index is 12.1. The standard InChI is InChI=1S/C13H19N3O2/c1-13(2,3)18-12(17)16-8-6-10(14)9-5-4-7-15-11(9)16/h4-5,7,10H,6,8,14H2,1-3H3. The first-order valence-electron chi connectivity index (χ1n) is 6.09. The maximum absolute atomic E-state index is 12.1. The Balaban J connectivity index is 2.26. The summed E-state index contributed by atoms with van der Waals surface area (Å²) in [7, 11) is 0. The van der Waals surface area contributed by atoms with Gasteiger partial charge in [0.05, 0.1) is 0 Å². The fourth-order valence-corrected chi connectivity index (χ4v) is 1.95. The second-order valence-corrected chi connectivity index (χ2v) is 5.44. The number of fused-ring (bicyclic) bond motifs is 1. The van der Waals surface area contributed by atoms with Gasteiger partial charge in [0, 0.05) is 24.3 Å². The summed E-state index contributed by atoms with van der Waals surface area (Å²) < 4.78 is 5.38. The highest BCUT2D eigenvalue weighted by Gasteiger charge is 2.30. The van der Waals surface area contributed by atoms with E-state index in [1.165, 1.54) is 0 Å². The Bertz CT molecular complexity index is 454. The molecule has 2 rings (SSSR count). The quantitative estimate of drug-likeness (QED) is 0.765. The van der Waals surface area contributed by atoms with Gasteiger partial charge >= 0.3 is 6.09 Å². The van der Waals surface area contributed by atoms with E-state index in [2.05, 4.69) is 4.98 Å². The molecular weight excluding hydrogens is 230 g/mol. The zero-order chi connectivity index (χ0) is 13.3. The number of aromatic nitrogens is 1. The molecule has 2 heterocycles. The molecule has 0 radical (unpaired) electrons. The minimum absolute atomic E-state index is 0.0626. The van der Waals surface area contributed by atoms with E-state index in [9.17, 15) is 4.79 Å². The van der Waals surface area contributed by atoms with Crippen molar-refractivity contribution in [1.82, 2.24) is 4.98 Å². The van der Waals surface area contributed by atoms with Crippen LogP contribution < -0.4 is 10.6 Å². The van der Waals surface area contributed by atoms with E-state index in [1.807, 2.05) is 32.9 Å². The van der Waals surface area contributed by atoms with Crippen LogP contribution in [0.3, 0.4) is 0 Å². The fraction of sp³-hybridized carbons (Fsp3) is 0.538. The average Bonchev–Trinajstić information content (AvgIpc) is 2.27. The minimum Gasteiger partial charge on any atom is -0.443 e. The number of hydrogen-bond acceptors (Lipinski definition) is 4. The van der Waals surface area contributed by atoms with Gasteiger partial charge in [-0.25, -0.2) is 9.78 Å². The fourth-order valence-electron chi connectivity index (χ4n) is 1.95. The van der Waals surface area contributed by atoms with Gasteiger partial charge in [-0.05, 0) is 33.3 Å². The molecule has 0 aromatic carbocycles. The lowest BCUT2D eigenvalue weighted by Gasteiger charge is -2.32. The molecule has 0 bridgehead atoms. The molecule has 18 heavy (non-hydrogen) atoms. The van der Waals surface area contributed by atoms with Crippen molar-refractivity contribution >= 4 is 11.9 Å². The van der Waals surface area contributed by atoms with Crippen LogP contribution in [0.5, 0.6) is 0 Å². The molecule has 1 aromatic heterocycles. The molecule has 5 nitrogen and oxygen atoms in total. The molecule has 0 saturated carbocycles. The van der Waals surface area contributed by atoms with Crippen LogP contribution in [-0.4, -0.2) is 23.2 Å². The van der Waals surface area contributed by atoms with Gasteiger partial charge in [0.2, 0.25) is 0 Å². The van der Waals surface area contributed by atoms with Gasteiger partial charge in [-0.3, -0.25) is 4.90 Å². The monoisotopic (exact) mass is 249 g/mol. The molecule has 0 spiro atoms. The van der Waals surface area contributed by atoms with E-state index in [4.69, 9.17) is 10.5 Å². The number of nitrogens with zero attached hydrogens (tertiary/aromatic N) is 2. The Labute approximate surface area is 107 Å².